The lowest BCUT2D eigenvalue weighted by atomic mass is 10.0. The summed E-state index contributed by atoms with van der Waals surface area (Å²) in [7, 11) is 1.62. The Bertz CT molecular complexity index is 1000. The van der Waals surface area contributed by atoms with E-state index < -0.39 is 20.0 Å². The molecule has 344 valence electrons. The number of hydrogen-bond acceptors (Lipinski definition) is 5. The highest BCUT2D eigenvalue weighted by Crippen LogP contribution is 2.43. The van der Waals surface area contributed by atoms with E-state index >= 15 is 0 Å². The highest BCUT2D eigenvalue weighted by molar-refractivity contribution is 7.47. The summed E-state index contributed by atoms with van der Waals surface area (Å²) >= 11 is 0. The third-order valence-corrected chi connectivity index (χ3v) is 12.2. The zero-order valence-electron chi connectivity index (χ0n) is 39.0. The van der Waals surface area contributed by atoms with E-state index in [4.69, 9.17) is 9.05 Å². The summed E-state index contributed by atoms with van der Waals surface area (Å²) in [6.45, 7) is 4.72. The summed E-state index contributed by atoms with van der Waals surface area (Å²) in [6, 6.07) is -0.752. The Hall–Kier alpha value is -1.02. The number of hydrogen-bond donors (Lipinski definition) is 3. The minimum atomic E-state index is -4.29. The predicted octanol–water partition coefficient (Wildman–Crippen LogP) is 14.1. The van der Waals surface area contributed by atoms with Gasteiger partial charge in [-0.15, -0.1) is 0 Å². The maximum absolute atomic E-state index is 12.7. The van der Waals surface area contributed by atoms with Crippen LogP contribution in [0.3, 0.4) is 0 Å². The summed E-state index contributed by atoms with van der Waals surface area (Å²) in [4.78, 5) is 22.8. The Labute approximate surface area is 360 Å². The van der Waals surface area contributed by atoms with Crippen molar-refractivity contribution in [2.45, 2.75) is 244 Å². The molecule has 3 atom stereocenters. The Balaban J connectivity index is 3.68. The van der Waals surface area contributed by atoms with E-state index in [2.05, 4.69) is 43.5 Å². The SMILES string of the molecule is CCCCCCC/C=C\C/C=C\CCCCCCCCCCCCCCCCCCCCCCCC(=O)NC(COP(=O)(O)OCC[N+](C)(C)C)C(O)CCCCC. The van der Waals surface area contributed by atoms with Crippen LogP contribution in [0, 0.1) is 0 Å². The number of aliphatic hydroxyl groups is 1. The molecule has 0 heterocycles. The largest absolute Gasteiger partial charge is 0.472 e. The number of likely N-dealkylation sites (N-methyl/N-ethyl adjacent to an activating group) is 1. The molecular weight excluding hydrogens is 744 g/mol. The fourth-order valence-corrected chi connectivity index (χ4v) is 7.99. The number of phosphoric acid groups is 1. The molecule has 9 heteroatoms. The Kier molecular flexibility index (Phi) is 40.6. The van der Waals surface area contributed by atoms with E-state index in [1.807, 2.05) is 21.1 Å². The van der Waals surface area contributed by atoms with Crippen LogP contribution in [0.25, 0.3) is 0 Å². The van der Waals surface area contributed by atoms with E-state index in [1.165, 1.54) is 161 Å². The van der Waals surface area contributed by atoms with Crippen LogP contribution in [-0.4, -0.2) is 73.4 Å². The maximum Gasteiger partial charge on any atom is 0.472 e. The Morgan fingerprint density at radius 2 is 0.983 bits per heavy atom. The van der Waals surface area contributed by atoms with Gasteiger partial charge < -0.3 is 19.8 Å². The quantitative estimate of drug-likeness (QED) is 0.0244. The van der Waals surface area contributed by atoms with Gasteiger partial charge in [-0.1, -0.05) is 205 Å². The second kappa shape index (κ2) is 41.3. The number of amides is 1. The van der Waals surface area contributed by atoms with Gasteiger partial charge in [-0.3, -0.25) is 13.8 Å². The molecule has 0 fully saturated rings. The fraction of sp³-hybridized carbons (Fsp3) is 0.898. The van der Waals surface area contributed by atoms with Crippen molar-refractivity contribution in [3.8, 4) is 0 Å². The topological polar surface area (TPSA) is 105 Å². The Morgan fingerprint density at radius 3 is 1.41 bits per heavy atom. The number of carbonyl (C=O) groups excluding carboxylic acids is 1. The summed E-state index contributed by atoms with van der Waals surface area (Å²) < 4.78 is 23.3. The van der Waals surface area contributed by atoms with Crippen LogP contribution in [0.15, 0.2) is 24.3 Å². The van der Waals surface area contributed by atoms with Crippen LogP contribution in [0.5, 0.6) is 0 Å². The Morgan fingerprint density at radius 1 is 0.586 bits per heavy atom. The van der Waals surface area contributed by atoms with Crippen molar-refractivity contribution in [1.82, 2.24) is 5.32 Å². The van der Waals surface area contributed by atoms with Crippen molar-refractivity contribution < 1.29 is 32.9 Å². The molecule has 0 aliphatic heterocycles. The molecule has 0 aliphatic rings. The number of allylic oxidation sites excluding steroid dienone is 4. The first-order valence-corrected chi connectivity index (χ1v) is 26.2. The molecule has 0 saturated carbocycles. The van der Waals surface area contributed by atoms with Gasteiger partial charge in [0.25, 0.3) is 0 Å². The number of rotatable bonds is 45. The van der Waals surface area contributed by atoms with Crippen LogP contribution < -0.4 is 5.32 Å². The summed E-state index contributed by atoms with van der Waals surface area (Å²) in [5, 5.41) is 13.6. The van der Waals surface area contributed by atoms with Crippen molar-refractivity contribution in [1.29, 1.82) is 0 Å². The first-order valence-electron chi connectivity index (χ1n) is 24.7. The highest BCUT2D eigenvalue weighted by atomic mass is 31.2. The standard InChI is InChI=1S/C49H97N2O6P/c1-6-8-10-11-12-13-14-15-16-17-18-19-20-21-22-23-24-25-26-27-28-29-30-31-32-33-34-35-36-37-38-39-41-43-49(53)50-47(48(52)42-40-9-7-2)46-57-58(54,55)56-45-44-51(3,4)5/h14-15,17-18,47-48,52H,6-13,16,19-46H2,1-5H3,(H-,50,53,54,55)/p+1/b15-14-,18-17-. The summed E-state index contributed by atoms with van der Waals surface area (Å²) in [5.41, 5.74) is 0. The molecule has 0 bridgehead atoms. The van der Waals surface area contributed by atoms with Crippen LogP contribution in [0.2, 0.25) is 0 Å². The molecule has 0 spiro atoms. The van der Waals surface area contributed by atoms with E-state index in [-0.39, 0.29) is 19.1 Å². The van der Waals surface area contributed by atoms with Gasteiger partial charge in [0.1, 0.15) is 13.2 Å². The lowest BCUT2D eigenvalue weighted by Crippen LogP contribution is -2.46. The predicted molar refractivity (Wildman–Crippen MR) is 249 cm³/mol. The molecule has 3 unspecified atom stereocenters. The molecular formula is C49H98N2O6P+. The monoisotopic (exact) mass is 842 g/mol. The first kappa shape index (κ1) is 57.0. The number of phosphoric ester groups is 1. The molecule has 58 heavy (non-hydrogen) atoms. The van der Waals surface area contributed by atoms with Gasteiger partial charge in [0, 0.05) is 6.42 Å². The second-order valence-corrected chi connectivity index (χ2v) is 19.6. The molecule has 0 aromatic heterocycles. The summed E-state index contributed by atoms with van der Waals surface area (Å²) in [5.74, 6) is -0.153. The lowest BCUT2D eigenvalue weighted by Gasteiger charge is -2.26. The van der Waals surface area contributed by atoms with Gasteiger partial charge in [0.15, 0.2) is 0 Å². The number of unbranched alkanes of at least 4 members (excludes halogenated alkanes) is 28. The molecule has 0 aromatic carbocycles. The first-order chi connectivity index (χ1) is 28.0. The van der Waals surface area contributed by atoms with Crippen LogP contribution in [-0.2, 0) is 18.4 Å². The smallest absolute Gasteiger partial charge is 0.391 e. The van der Waals surface area contributed by atoms with Crippen molar-refractivity contribution >= 4 is 13.7 Å². The van der Waals surface area contributed by atoms with Gasteiger partial charge >= 0.3 is 7.82 Å². The number of quaternary nitrogens is 1. The van der Waals surface area contributed by atoms with E-state index in [9.17, 15) is 19.4 Å². The third-order valence-electron chi connectivity index (χ3n) is 11.2. The van der Waals surface area contributed by atoms with Crippen LogP contribution in [0.4, 0.5) is 0 Å². The molecule has 0 rings (SSSR count). The van der Waals surface area contributed by atoms with Crippen molar-refractivity contribution in [2.24, 2.45) is 0 Å². The minimum absolute atomic E-state index is 0.0747. The number of carbonyl (C=O) groups is 1. The fourth-order valence-electron chi connectivity index (χ4n) is 7.25. The molecule has 8 nitrogen and oxygen atoms in total. The zero-order valence-corrected chi connectivity index (χ0v) is 39.9. The van der Waals surface area contributed by atoms with Crippen molar-refractivity contribution in [3.05, 3.63) is 24.3 Å². The average Bonchev–Trinajstić information content (AvgIpc) is 3.17. The van der Waals surface area contributed by atoms with Gasteiger partial charge in [-0.2, -0.15) is 0 Å². The van der Waals surface area contributed by atoms with Crippen LogP contribution in [0.1, 0.15) is 232 Å². The minimum Gasteiger partial charge on any atom is -0.391 e. The number of aliphatic hydroxyl groups excluding tert-OH is 1. The van der Waals surface area contributed by atoms with Gasteiger partial charge in [0.2, 0.25) is 5.91 Å². The van der Waals surface area contributed by atoms with E-state index in [1.54, 1.807) is 0 Å². The average molecular weight is 842 g/mol. The van der Waals surface area contributed by atoms with Gasteiger partial charge in [0.05, 0.1) is 39.9 Å². The summed E-state index contributed by atoms with van der Waals surface area (Å²) in [6.07, 6.45) is 50.4. The van der Waals surface area contributed by atoms with Gasteiger partial charge in [-0.25, -0.2) is 4.57 Å². The zero-order chi connectivity index (χ0) is 42.8. The van der Waals surface area contributed by atoms with Crippen molar-refractivity contribution in [3.63, 3.8) is 0 Å². The number of nitrogens with zero attached hydrogens (tertiary/aromatic N) is 1. The van der Waals surface area contributed by atoms with Gasteiger partial charge in [-0.05, 0) is 44.9 Å². The third kappa shape index (κ3) is 43.1. The lowest BCUT2D eigenvalue weighted by molar-refractivity contribution is -0.870. The molecule has 0 aliphatic carbocycles. The maximum atomic E-state index is 12.7. The highest BCUT2D eigenvalue weighted by Gasteiger charge is 2.28. The molecule has 3 N–H and O–H groups in total. The number of nitrogens with one attached hydrogen (secondary N) is 1. The van der Waals surface area contributed by atoms with E-state index in [0.717, 1.165) is 44.9 Å². The molecule has 1 amide bonds. The van der Waals surface area contributed by atoms with E-state index in [0.29, 0.717) is 23.9 Å². The molecule has 0 saturated heterocycles. The van der Waals surface area contributed by atoms with Crippen molar-refractivity contribution in [2.75, 3.05) is 40.9 Å². The molecule has 0 radical (unpaired) electrons. The second-order valence-electron chi connectivity index (χ2n) is 18.2. The normalized spacial score (nSPS) is 14.4. The van der Waals surface area contributed by atoms with Crippen LogP contribution >= 0.6 is 7.82 Å². The molecule has 0 aromatic rings.